The zero-order chi connectivity index (χ0) is 19.2. The second kappa shape index (κ2) is 7.06. The van der Waals surface area contributed by atoms with Gasteiger partial charge in [-0.2, -0.15) is 4.98 Å². The summed E-state index contributed by atoms with van der Waals surface area (Å²) in [5.74, 6) is 0.727. The highest BCUT2D eigenvalue weighted by Gasteiger charge is 2.29. The van der Waals surface area contributed by atoms with E-state index in [1.807, 2.05) is 0 Å². The highest BCUT2D eigenvalue weighted by Crippen LogP contribution is 2.43. The summed E-state index contributed by atoms with van der Waals surface area (Å²) in [6.45, 7) is 2.64. The number of thiophene rings is 1. The summed E-state index contributed by atoms with van der Waals surface area (Å²) in [6, 6.07) is 4.27. The van der Waals surface area contributed by atoms with Crippen molar-refractivity contribution < 1.29 is 17.7 Å². The van der Waals surface area contributed by atoms with Gasteiger partial charge in [-0.05, 0) is 37.1 Å². The van der Waals surface area contributed by atoms with Crippen molar-refractivity contribution in [3.63, 3.8) is 0 Å². The molecule has 4 rings (SSSR count). The van der Waals surface area contributed by atoms with Crippen LogP contribution in [-0.2, 0) is 27.8 Å². The fourth-order valence-electron chi connectivity index (χ4n) is 2.79. The first kappa shape index (κ1) is 18.7. The Hall–Kier alpha value is -1.65. The minimum absolute atomic E-state index is 0.0757. The Balaban J connectivity index is 1.82. The van der Waals surface area contributed by atoms with Gasteiger partial charge in [0.05, 0.1) is 23.8 Å². The summed E-state index contributed by atoms with van der Waals surface area (Å²) in [5, 5.41) is 4.54. The largest absolute Gasteiger partial charge is 0.376 e. The van der Waals surface area contributed by atoms with Crippen LogP contribution in [0.1, 0.15) is 16.3 Å². The third-order valence-electron chi connectivity index (χ3n) is 3.97. The molecular formula is C16H13Cl2N3O4S2. The fraction of sp³-hybridized carbons (Fsp3) is 0.250. The van der Waals surface area contributed by atoms with Crippen LogP contribution in [0.25, 0.3) is 11.5 Å². The lowest BCUT2D eigenvalue weighted by molar-refractivity contribution is 0.113. The summed E-state index contributed by atoms with van der Waals surface area (Å²) in [7, 11) is -3.98. The van der Waals surface area contributed by atoms with Crippen molar-refractivity contribution >= 4 is 49.6 Å². The number of fused-ring (bicyclic) bond motifs is 1. The van der Waals surface area contributed by atoms with Crippen LogP contribution in [0.5, 0.6) is 0 Å². The van der Waals surface area contributed by atoms with Crippen molar-refractivity contribution in [1.82, 2.24) is 10.1 Å². The monoisotopic (exact) mass is 445 g/mol. The molecule has 3 heterocycles. The molecule has 142 valence electrons. The summed E-state index contributed by atoms with van der Waals surface area (Å²) in [5.41, 5.74) is 1.53. The minimum atomic E-state index is -3.98. The number of aromatic nitrogens is 2. The number of anilines is 1. The molecule has 0 spiro atoms. The summed E-state index contributed by atoms with van der Waals surface area (Å²) < 4.78 is 39.2. The molecule has 0 radical (unpaired) electrons. The number of ether oxygens (including phenoxy) is 1. The van der Waals surface area contributed by atoms with Crippen LogP contribution in [0.3, 0.4) is 0 Å². The lowest BCUT2D eigenvalue weighted by atomic mass is 10.1. The van der Waals surface area contributed by atoms with E-state index in [-0.39, 0.29) is 20.8 Å². The number of nitrogens with zero attached hydrogens (tertiary/aromatic N) is 2. The highest BCUT2D eigenvalue weighted by atomic mass is 35.5. The van der Waals surface area contributed by atoms with Gasteiger partial charge in [-0.3, -0.25) is 4.72 Å². The lowest BCUT2D eigenvalue weighted by Crippen LogP contribution is -2.13. The van der Waals surface area contributed by atoms with Gasteiger partial charge < -0.3 is 9.26 Å². The quantitative estimate of drug-likeness (QED) is 0.643. The minimum Gasteiger partial charge on any atom is -0.376 e. The normalized spacial score (nSPS) is 14.2. The molecule has 1 aliphatic rings. The highest BCUT2D eigenvalue weighted by molar-refractivity contribution is 7.93. The number of rotatable bonds is 4. The third-order valence-corrected chi connectivity index (χ3v) is 7.29. The van der Waals surface area contributed by atoms with Crippen LogP contribution in [0, 0.1) is 6.92 Å². The van der Waals surface area contributed by atoms with Gasteiger partial charge in [0.2, 0.25) is 0 Å². The Morgan fingerprint density at radius 3 is 2.85 bits per heavy atom. The van der Waals surface area contributed by atoms with Crippen LogP contribution in [0.2, 0.25) is 10.0 Å². The van der Waals surface area contributed by atoms with Crippen LogP contribution in [0.4, 0.5) is 5.00 Å². The molecule has 2 aromatic heterocycles. The average Bonchev–Trinajstić information content (AvgIpc) is 3.19. The molecule has 0 bridgehead atoms. The van der Waals surface area contributed by atoms with Crippen molar-refractivity contribution in [2.75, 3.05) is 11.3 Å². The van der Waals surface area contributed by atoms with Crippen molar-refractivity contribution in [1.29, 1.82) is 0 Å². The van der Waals surface area contributed by atoms with Crippen molar-refractivity contribution in [3.05, 3.63) is 44.5 Å². The van der Waals surface area contributed by atoms with Crippen LogP contribution in [-0.4, -0.2) is 25.2 Å². The molecule has 3 aromatic rings. The zero-order valence-corrected chi connectivity index (χ0v) is 17.1. The molecule has 27 heavy (non-hydrogen) atoms. The van der Waals surface area contributed by atoms with Crippen molar-refractivity contribution in [2.24, 2.45) is 0 Å². The van der Waals surface area contributed by atoms with E-state index in [1.165, 1.54) is 29.5 Å². The number of sulfonamides is 1. The lowest BCUT2D eigenvalue weighted by Gasteiger charge is -2.12. The van der Waals surface area contributed by atoms with Crippen LogP contribution < -0.4 is 4.72 Å². The van der Waals surface area contributed by atoms with E-state index in [1.54, 1.807) is 6.92 Å². The average molecular weight is 446 g/mol. The maximum atomic E-state index is 12.9. The van der Waals surface area contributed by atoms with E-state index >= 15 is 0 Å². The molecule has 7 nitrogen and oxygen atoms in total. The van der Waals surface area contributed by atoms with Crippen LogP contribution >= 0.6 is 34.5 Å². The maximum absolute atomic E-state index is 12.9. The van der Waals surface area contributed by atoms with Gasteiger partial charge in [-0.25, -0.2) is 8.42 Å². The summed E-state index contributed by atoms with van der Waals surface area (Å²) in [4.78, 5) is 5.08. The van der Waals surface area contributed by atoms with Gasteiger partial charge in [-0.15, -0.1) is 11.3 Å². The van der Waals surface area contributed by atoms with Crippen LogP contribution in [0.15, 0.2) is 27.6 Å². The topological polar surface area (TPSA) is 94.3 Å². The second-order valence-corrected chi connectivity index (χ2v) is 9.44. The van der Waals surface area contributed by atoms with Gasteiger partial charge in [0.15, 0.2) is 5.82 Å². The SMILES string of the molecule is Cc1noc(-c2c(NS(=O)(=O)c3cc(Cl)ccc3Cl)sc3c2CCOC3)n1. The number of nitrogens with one attached hydrogen (secondary N) is 1. The first-order valence-electron chi connectivity index (χ1n) is 7.86. The third kappa shape index (κ3) is 3.57. The Labute approximate surface area is 169 Å². The number of benzene rings is 1. The first-order valence-corrected chi connectivity index (χ1v) is 10.9. The predicted molar refractivity (Wildman–Crippen MR) is 103 cm³/mol. The van der Waals surface area contributed by atoms with E-state index in [4.69, 9.17) is 32.5 Å². The predicted octanol–water partition coefficient (Wildman–Crippen LogP) is 4.29. The van der Waals surface area contributed by atoms with Gasteiger partial charge in [-0.1, -0.05) is 28.4 Å². The zero-order valence-electron chi connectivity index (χ0n) is 14.0. The van der Waals surface area contributed by atoms with E-state index in [9.17, 15) is 8.42 Å². The van der Waals surface area contributed by atoms with Gasteiger partial charge in [0, 0.05) is 9.90 Å². The van der Waals surface area contributed by atoms with E-state index in [2.05, 4.69) is 14.9 Å². The Morgan fingerprint density at radius 1 is 1.30 bits per heavy atom. The smallest absolute Gasteiger partial charge is 0.264 e. The summed E-state index contributed by atoms with van der Waals surface area (Å²) in [6.07, 6.45) is 0.627. The maximum Gasteiger partial charge on any atom is 0.264 e. The molecule has 1 aliphatic heterocycles. The number of aryl methyl sites for hydroxylation is 1. The fourth-order valence-corrected chi connectivity index (χ4v) is 6.04. The first-order chi connectivity index (χ1) is 12.8. The van der Waals surface area contributed by atoms with Gasteiger partial charge in [0.25, 0.3) is 15.9 Å². The molecule has 0 amide bonds. The molecule has 0 unspecified atom stereocenters. The Kier molecular flexibility index (Phi) is 4.89. The van der Waals surface area contributed by atoms with E-state index in [0.717, 1.165) is 10.4 Å². The van der Waals surface area contributed by atoms with Gasteiger partial charge >= 0.3 is 0 Å². The second-order valence-electron chi connectivity index (χ2n) is 5.84. The number of hydrogen-bond donors (Lipinski definition) is 1. The molecule has 0 aliphatic carbocycles. The molecule has 0 fully saturated rings. The molecule has 0 atom stereocenters. The summed E-state index contributed by atoms with van der Waals surface area (Å²) >= 11 is 13.3. The van der Waals surface area contributed by atoms with E-state index < -0.39 is 10.0 Å². The van der Waals surface area contributed by atoms with Crippen molar-refractivity contribution in [3.8, 4) is 11.5 Å². The number of hydrogen-bond acceptors (Lipinski definition) is 7. The van der Waals surface area contributed by atoms with Gasteiger partial charge in [0.1, 0.15) is 9.90 Å². The standard InChI is InChI=1S/C16H13Cl2N3O4S2/c1-8-19-15(25-20-8)14-10-4-5-24-7-12(10)26-16(14)21-27(22,23)13-6-9(17)2-3-11(13)18/h2-3,6,21H,4-5,7H2,1H3. The molecular weight excluding hydrogens is 433 g/mol. The van der Waals surface area contributed by atoms with Crippen molar-refractivity contribution in [2.45, 2.75) is 24.8 Å². The van der Waals surface area contributed by atoms with E-state index in [0.29, 0.717) is 36.0 Å². The molecule has 0 saturated carbocycles. The Morgan fingerprint density at radius 2 is 2.11 bits per heavy atom. The molecule has 0 saturated heterocycles. The molecule has 1 aromatic carbocycles. The number of halogens is 2. The molecule has 1 N–H and O–H groups in total. The molecule has 11 heteroatoms. The Bertz CT molecular complexity index is 1120.